The third kappa shape index (κ3) is 4.07. The summed E-state index contributed by atoms with van der Waals surface area (Å²) in [6.45, 7) is 2.46. The lowest BCUT2D eigenvalue weighted by atomic mass is 10.2. The topological polar surface area (TPSA) is 89.9 Å². The highest BCUT2D eigenvalue weighted by atomic mass is 35.5. The van der Waals surface area contributed by atoms with Crippen molar-refractivity contribution in [3.05, 3.63) is 53.6 Å². The number of hydrogen-bond acceptors (Lipinski definition) is 7. The van der Waals surface area contributed by atoms with Crippen LogP contribution in [0.15, 0.2) is 53.7 Å². The number of carbonyl (C=O) groups excluding carboxylic acids is 1. The van der Waals surface area contributed by atoms with Gasteiger partial charge in [-0.05, 0) is 43.3 Å². The summed E-state index contributed by atoms with van der Waals surface area (Å²) in [6.07, 6.45) is 0. The number of benzene rings is 2. The Balaban J connectivity index is 1.48. The molecule has 0 aliphatic heterocycles. The fraction of sp³-hybridized carbons (Fsp3) is 0.158. The number of thioether (sulfide) groups is 1. The Morgan fingerprint density at radius 1 is 1.21 bits per heavy atom. The van der Waals surface area contributed by atoms with Gasteiger partial charge in [0.25, 0.3) is 0 Å². The van der Waals surface area contributed by atoms with Crippen LogP contribution in [0.2, 0.25) is 5.02 Å². The van der Waals surface area contributed by atoms with Crippen molar-refractivity contribution in [1.82, 2.24) is 19.9 Å². The molecule has 2 N–H and O–H groups in total. The molecule has 0 unspecified atom stereocenters. The summed E-state index contributed by atoms with van der Waals surface area (Å²) in [5, 5.41) is 10.0. The quantitative estimate of drug-likeness (QED) is 0.356. The molecule has 148 valence electrons. The molecule has 4 rings (SSSR count). The first-order chi connectivity index (χ1) is 14.1. The van der Waals surface area contributed by atoms with Gasteiger partial charge in [0.2, 0.25) is 11.1 Å². The van der Waals surface area contributed by atoms with Crippen molar-refractivity contribution in [2.24, 2.45) is 0 Å². The Hall–Kier alpha value is -2.62. The van der Waals surface area contributed by atoms with E-state index in [9.17, 15) is 4.79 Å². The number of hydrogen-bond donors (Lipinski definition) is 1. The molecule has 29 heavy (non-hydrogen) atoms. The Morgan fingerprint density at radius 3 is 2.69 bits per heavy atom. The number of nitrogen functional groups attached to an aromatic ring is 1. The molecule has 0 bridgehead atoms. The summed E-state index contributed by atoms with van der Waals surface area (Å²) in [4.78, 5) is 19.1. The van der Waals surface area contributed by atoms with E-state index in [2.05, 4.69) is 15.2 Å². The molecule has 0 aliphatic carbocycles. The molecule has 0 spiro atoms. The van der Waals surface area contributed by atoms with Crippen LogP contribution in [0.25, 0.3) is 21.6 Å². The summed E-state index contributed by atoms with van der Waals surface area (Å²) in [5.74, 6) is 6.76. The fourth-order valence-corrected chi connectivity index (χ4v) is 4.67. The third-order valence-electron chi connectivity index (χ3n) is 4.22. The van der Waals surface area contributed by atoms with Crippen molar-refractivity contribution < 1.29 is 4.79 Å². The zero-order chi connectivity index (χ0) is 20.4. The van der Waals surface area contributed by atoms with Crippen LogP contribution in [0.5, 0.6) is 0 Å². The predicted molar refractivity (Wildman–Crippen MR) is 119 cm³/mol. The standard InChI is InChI=1S/C19H17ClN6OS2/c1-2-25(18-22-14-5-3-4-6-15(14)29-18)16(27)11-28-19-24-23-17(26(19)21)12-7-9-13(20)10-8-12/h3-10H,2,11,21H2,1H3. The molecular formula is C19H17ClN6OS2. The molecular weight excluding hydrogens is 428 g/mol. The predicted octanol–water partition coefficient (Wildman–Crippen LogP) is 4.07. The number of nitrogens with zero attached hydrogens (tertiary/aromatic N) is 5. The molecule has 10 heteroatoms. The largest absolute Gasteiger partial charge is 0.335 e. The van der Waals surface area contributed by atoms with Gasteiger partial charge in [0.1, 0.15) is 0 Å². The number of thiazole rings is 1. The number of carbonyl (C=O) groups is 1. The van der Waals surface area contributed by atoms with Gasteiger partial charge >= 0.3 is 0 Å². The van der Waals surface area contributed by atoms with Gasteiger partial charge in [0, 0.05) is 17.1 Å². The second-order valence-corrected chi connectivity index (χ2v) is 8.46. The molecule has 2 heterocycles. The van der Waals surface area contributed by atoms with Crippen LogP contribution in [-0.2, 0) is 4.79 Å². The number of para-hydroxylation sites is 1. The Morgan fingerprint density at radius 2 is 1.97 bits per heavy atom. The van der Waals surface area contributed by atoms with Gasteiger partial charge in [-0.1, -0.05) is 46.8 Å². The molecule has 0 saturated heterocycles. The summed E-state index contributed by atoms with van der Waals surface area (Å²) in [5.41, 5.74) is 1.69. The average Bonchev–Trinajstić information content (AvgIpc) is 3.31. The van der Waals surface area contributed by atoms with Gasteiger partial charge in [-0.15, -0.1) is 10.2 Å². The molecule has 0 radical (unpaired) electrons. The van der Waals surface area contributed by atoms with Gasteiger partial charge in [-0.25, -0.2) is 9.66 Å². The molecule has 2 aromatic carbocycles. The minimum absolute atomic E-state index is 0.0624. The maximum absolute atomic E-state index is 12.8. The van der Waals surface area contributed by atoms with Crippen LogP contribution in [0, 0.1) is 0 Å². The molecule has 0 saturated carbocycles. The van der Waals surface area contributed by atoms with E-state index in [-0.39, 0.29) is 11.7 Å². The van der Waals surface area contributed by atoms with Crippen molar-refractivity contribution in [1.29, 1.82) is 0 Å². The van der Waals surface area contributed by atoms with E-state index in [0.29, 0.717) is 27.7 Å². The molecule has 0 atom stereocenters. The Bertz CT molecular complexity index is 1120. The number of halogens is 1. The lowest BCUT2D eigenvalue weighted by Crippen LogP contribution is -2.32. The van der Waals surface area contributed by atoms with Crippen molar-refractivity contribution in [3.63, 3.8) is 0 Å². The van der Waals surface area contributed by atoms with Crippen LogP contribution < -0.4 is 10.7 Å². The number of nitrogens with two attached hydrogens (primary N) is 1. The number of rotatable bonds is 6. The monoisotopic (exact) mass is 444 g/mol. The molecule has 7 nitrogen and oxygen atoms in total. The first kappa shape index (κ1) is 19.7. The lowest BCUT2D eigenvalue weighted by molar-refractivity contribution is -0.116. The number of fused-ring (bicyclic) bond motifs is 1. The number of amides is 1. The molecule has 1 amide bonds. The van der Waals surface area contributed by atoms with Crippen molar-refractivity contribution in [2.45, 2.75) is 12.1 Å². The molecule has 2 aromatic heterocycles. The molecule has 0 aliphatic rings. The minimum Gasteiger partial charge on any atom is -0.335 e. The van der Waals surface area contributed by atoms with Gasteiger partial charge in [-0.2, -0.15) is 0 Å². The van der Waals surface area contributed by atoms with Crippen LogP contribution in [0.4, 0.5) is 5.13 Å². The minimum atomic E-state index is -0.0624. The van der Waals surface area contributed by atoms with Crippen molar-refractivity contribution >= 4 is 56.0 Å². The average molecular weight is 445 g/mol. The first-order valence-electron chi connectivity index (χ1n) is 8.82. The van der Waals surface area contributed by atoms with E-state index in [4.69, 9.17) is 17.4 Å². The smallest absolute Gasteiger partial charge is 0.239 e. The highest BCUT2D eigenvalue weighted by Crippen LogP contribution is 2.29. The summed E-state index contributed by atoms with van der Waals surface area (Å²) < 4.78 is 2.44. The van der Waals surface area contributed by atoms with E-state index in [0.717, 1.165) is 15.8 Å². The van der Waals surface area contributed by atoms with Gasteiger partial charge in [0.05, 0.1) is 16.0 Å². The van der Waals surface area contributed by atoms with Crippen LogP contribution >= 0.6 is 34.7 Å². The fourth-order valence-electron chi connectivity index (χ4n) is 2.77. The Kier molecular flexibility index (Phi) is 5.70. The van der Waals surface area contributed by atoms with Gasteiger partial charge < -0.3 is 5.84 Å². The van der Waals surface area contributed by atoms with Crippen LogP contribution in [0.3, 0.4) is 0 Å². The third-order valence-corrected chi connectivity index (χ3v) is 6.46. The molecule has 4 aromatic rings. The van der Waals surface area contributed by atoms with E-state index in [1.807, 2.05) is 43.3 Å². The van der Waals surface area contributed by atoms with Gasteiger partial charge in [0.15, 0.2) is 11.0 Å². The highest BCUT2D eigenvalue weighted by Gasteiger charge is 2.20. The molecule has 0 fully saturated rings. The van der Waals surface area contributed by atoms with E-state index in [1.165, 1.54) is 27.8 Å². The highest BCUT2D eigenvalue weighted by molar-refractivity contribution is 7.99. The van der Waals surface area contributed by atoms with Crippen molar-refractivity contribution in [3.8, 4) is 11.4 Å². The van der Waals surface area contributed by atoms with E-state index >= 15 is 0 Å². The van der Waals surface area contributed by atoms with E-state index in [1.54, 1.807) is 17.0 Å². The maximum atomic E-state index is 12.8. The lowest BCUT2D eigenvalue weighted by Gasteiger charge is -2.17. The maximum Gasteiger partial charge on any atom is 0.239 e. The zero-order valence-corrected chi connectivity index (χ0v) is 17.8. The summed E-state index contributed by atoms with van der Waals surface area (Å²) in [7, 11) is 0. The second-order valence-electron chi connectivity index (χ2n) is 6.07. The van der Waals surface area contributed by atoms with E-state index < -0.39 is 0 Å². The summed E-state index contributed by atoms with van der Waals surface area (Å²) >= 11 is 8.67. The normalized spacial score (nSPS) is 11.1. The number of anilines is 1. The second kappa shape index (κ2) is 8.40. The number of aromatic nitrogens is 4. The first-order valence-corrected chi connectivity index (χ1v) is 11.0. The zero-order valence-electron chi connectivity index (χ0n) is 15.4. The van der Waals surface area contributed by atoms with Gasteiger partial charge in [-0.3, -0.25) is 9.69 Å². The Labute approximate surface area is 180 Å². The SMILES string of the molecule is CCN(C(=O)CSc1nnc(-c2ccc(Cl)cc2)n1N)c1nc2ccccc2s1. The van der Waals surface area contributed by atoms with Crippen LogP contribution in [0.1, 0.15) is 6.92 Å². The summed E-state index contributed by atoms with van der Waals surface area (Å²) in [6, 6.07) is 15.0. The van der Waals surface area contributed by atoms with Crippen molar-refractivity contribution in [2.75, 3.05) is 23.0 Å². The van der Waals surface area contributed by atoms with Crippen LogP contribution in [-0.4, -0.2) is 38.1 Å².